The summed E-state index contributed by atoms with van der Waals surface area (Å²) >= 11 is 0. The second-order valence-electron chi connectivity index (χ2n) is 3.99. The minimum Gasteiger partial charge on any atom is -0.352 e. The predicted octanol–water partition coefficient (Wildman–Crippen LogP) is 1.32. The molecule has 1 aromatic heterocycles. The van der Waals surface area contributed by atoms with Gasteiger partial charge in [-0.05, 0) is 25.1 Å². The van der Waals surface area contributed by atoms with Crippen molar-refractivity contribution in [2.75, 3.05) is 11.9 Å². The average Bonchev–Trinajstić information content (AvgIpc) is 2.87. The summed E-state index contributed by atoms with van der Waals surface area (Å²) in [5.74, 6) is 0.839. The van der Waals surface area contributed by atoms with Gasteiger partial charge in [-0.25, -0.2) is 4.98 Å². The highest BCUT2D eigenvalue weighted by Crippen LogP contribution is 2.15. The second kappa shape index (κ2) is 3.52. The van der Waals surface area contributed by atoms with Crippen LogP contribution in [-0.4, -0.2) is 28.5 Å². The molecule has 0 saturated carbocycles. The molecule has 0 aliphatic carbocycles. The van der Waals surface area contributed by atoms with E-state index in [-0.39, 0.29) is 0 Å². The Morgan fingerprint density at radius 2 is 2.38 bits per heavy atom. The Morgan fingerprint density at radius 1 is 1.44 bits per heavy atom. The lowest BCUT2D eigenvalue weighted by Gasteiger charge is -2.08. The van der Waals surface area contributed by atoms with Gasteiger partial charge in [0.2, 0.25) is 0 Å². The molecule has 0 spiro atoms. The molecule has 5 heteroatoms. The first-order valence-corrected chi connectivity index (χ1v) is 5.32. The zero-order chi connectivity index (χ0) is 11.0. The molecule has 16 heavy (non-hydrogen) atoms. The quantitative estimate of drug-likeness (QED) is 0.672. The average molecular weight is 215 g/mol. The molecule has 0 radical (unpaired) electrons. The molecule has 2 heterocycles. The number of nitrogens with zero attached hydrogens (tertiary/aromatic N) is 2. The van der Waals surface area contributed by atoms with Crippen molar-refractivity contribution in [3.63, 3.8) is 0 Å². The molecule has 0 saturated heterocycles. The number of fused-ring (bicyclic) bond motifs is 1. The molecule has 2 aromatic rings. The number of aliphatic imine (C=N–C) groups is 1. The van der Waals surface area contributed by atoms with Crippen LogP contribution in [0, 0.1) is 0 Å². The summed E-state index contributed by atoms with van der Waals surface area (Å²) in [5, 5.41) is 6.50. The van der Waals surface area contributed by atoms with Gasteiger partial charge in [-0.15, -0.1) is 0 Å². The minimum atomic E-state index is 0.415. The normalized spacial score (nSPS) is 19.6. The van der Waals surface area contributed by atoms with E-state index in [4.69, 9.17) is 0 Å². The molecular weight excluding hydrogens is 202 g/mol. The Hall–Kier alpha value is -2.04. The number of H-pyrrole nitrogens is 1. The van der Waals surface area contributed by atoms with Crippen molar-refractivity contribution in [2.45, 2.75) is 13.0 Å². The number of aromatic nitrogens is 2. The number of rotatable bonds is 1. The molecule has 1 unspecified atom stereocenters. The Bertz CT molecular complexity index is 542. The first-order valence-electron chi connectivity index (χ1n) is 5.32. The molecule has 3 rings (SSSR count). The molecule has 5 nitrogen and oxygen atoms in total. The van der Waals surface area contributed by atoms with Crippen LogP contribution in [-0.2, 0) is 0 Å². The number of hydrogen-bond acceptors (Lipinski definition) is 4. The van der Waals surface area contributed by atoms with Gasteiger partial charge in [-0.3, -0.25) is 4.99 Å². The third kappa shape index (κ3) is 1.60. The van der Waals surface area contributed by atoms with Gasteiger partial charge in [0.05, 0.1) is 23.9 Å². The molecule has 1 aliphatic rings. The minimum absolute atomic E-state index is 0.415. The molecule has 0 bridgehead atoms. The number of guanidine groups is 1. The lowest BCUT2D eigenvalue weighted by molar-refractivity contribution is 0.725. The van der Waals surface area contributed by atoms with Crippen molar-refractivity contribution >= 4 is 22.7 Å². The summed E-state index contributed by atoms with van der Waals surface area (Å²) in [7, 11) is 0. The van der Waals surface area contributed by atoms with E-state index in [9.17, 15) is 0 Å². The number of benzene rings is 1. The summed E-state index contributed by atoms with van der Waals surface area (Å²) in [6, 6.07) is 6.41. The predicted molar refractivity (Wildman–Crippen MR) is 64.6 cm³/mol. The molecule has 0 fully saturated rings. The summed E-state index contributed by atoms with van der Waals surface area (Å²) in [6.07, 6.45) is 1.70. The van der Waals surface area contributed by atoms with Crippen LogP contribution in [0.25, 0.3) is 11.0 Å². The van der Waals surface area contributed by atoms with Crippen LogP contribution >= 0.6 is 0 Å². The van der Waals surface area contributed by atoms with Gasteiger partial charge in [0.25, 0.3) is 0 Å². The second-order valence-corrected chi connectivity index (χ2v) is 3.99. The maximum absolute atomic E-state index is 4.35. The van der Waals surface area contributed by atoms with Crippen molar-refractivity contribution in [3.05, 3.63) is 24.5 Å². The number of aromatic amines is 1. The SMILES string of the molecule is CC1CN=C(Nc2ccc3nc[nH]c3c2)N1. The molecule has 1 aliphatic heterocycles. The molecule has 82 valence electrons. The molecule has 1 atom stereocenters. The number of anilines is 1. The molecule has 3 N–H and O–H groups in total. The van der Waals surface area contributed by atoms with E-state index in [1.54, 1.807) is 6.33 Å². The van der Waals surface area contributed by atoms with Crippen LogP contribution in [0.2, 0.25) is 0 Å². The molecular formula is C11H13N5. The third-order valence-corrected chi connectivity index (χ3v) is 2.59. The van der Waals surface area contributed by atoms with Gasteiger partial charge in [-0.1, -0.05) is 0 Å². The van der Waals surface area contributed by atoms with Gasteiger partial charge >= 0.3 is 0 Å². The first-order chi connectivity index (χ1) is 7.81. The van der Waals surface area contributed by atoms with Crippen molar-refractivity contribution < 1.29 is 0 Å². The van der Waals surface area contributed by atoms with Crippen LogP contribution in [0.5, 0.6) is 0 Å². The van der Waals surface area contributed by atoms with E-state index in [1.165, 1.54) is 0 Å². The Balaban J connectivity index is 1.84. The van der Waals surface area contributed by atoms with E-state index >= 15 is 0 Å². The number of hydrogen-bond donors (Lipinski definition) is 3. The first kappa shape index (κ1) is 9.21. The van der Waals surface area contributed by atoms with Gasteiger partial charge in [0.1, 0.15) is 0 Å². The highest BCUT2D eigenvalue weighted by molar-refractivity contribution is 5.96. The summed E-state index contributed by atoms with van der Waals surface area (Å²) in [6.45, 7) is 2.94. The van der Waals surface area contributed by atoms with Crippen LogP contribution in [0.1, 0.15) is 6.92 Å². The third-order valence-electron chi connectivity index (χ3n) is 2.59. The fourth-order valence-corrected chi connectivity index (χ4v) is 1.78. The summed E-state index contributed by atoms with van der Waals surface area (Å²) in [5.41, 5.74) is 3.01. The van der Waals surface area contributed by atoms with E-state index in [1.807, 2.05) is 18.2 Å². The lowest BCUT2D eigenvalue weighted by Crippen LogP contribution is -2.32. The van der Waals surface area contributed by atoms with Crippen molar-refractivity contribution in [3.8, 4) is 0 Å². The fourth-order valence-electron chi connectivity index (χ4n) is 1.78. The highest BCUT2D eigenvalue weighted by Gasteiger charge is 2.12. The van der Waals surface area contributed by atoms with E-state index in [0.29, 0.717) is 6.04 Å². The zero-order valence-electron chi connectivity index (χ0n) is 8.99. The monoisotopic (exact) mass is 215 g/mol. The fraction of sp³-hybridized carbons (Fsp3) is 0.273. The Morgan fingerprint density at radius 3 is 3.19 bits per heavy atom. The standard InChI is InChI=1S/C11H13N5/c1-7-5-12-11(15-7)16-8-2-3-9-10(4-8)14-6-13-9/h2-4,6-7H,5H2,1H3,(H,13,14)(H2,12,15,16). The van der Waals surface area contributed by atoms with Crippen molar-refractivity contribution in [1.82, 2.24) is 15.3 Å². The largest absolute Gasteiger partial charge is 0.352 e. The van der Waals surface area contributed by atoms with Gasteiger partial charge < -0.3 is 15.6 Å². The van der Waals surface area contributed by atoms with Gasteiger partial charge in [0.15, 0.2) is 5.96 Å². The van der Waals surface area contributed by atoms with Crippen molar-refractivity contribution in [1.29, 1.82) is 0 Å². The summed E-state index contributed by atoms with van der Waals surface area (Å²) in [4.78, 5) is 11.6. The van der Waals surface area contributed by atoms with E-state index in [0.717, 1.165) is 29.2 Å². The van der Waals surface area contributed by atoms with Gasteiger partial charge in [0, 0.05) is 11.7 Å². The Labute approximate surface area is 93.0 Å². The van der Waals surface area contributed by atoms with Crippen molar-refractivity contribution in [2.24, 2.45) is 4.99 Å². The topological polar surface area (TPSA) is 65.1 Å². The molecule has 1 aromatic carbocycles. The number of nitrogens with one attached hydrogen (secondary N) is 3. The van der Waals surface area contributed by atoms with Crippen LogP contribution < -0.4 is 10.6 Å². The Kier molecular flexibility index (Phi) is 2.02. The van der Waals surface area contributed by atoms with E-state index < -0.39 is 0 Å². The van der Waals surface area contributed by atoms with Crippen LogP contribution in [0.3, 0.4) is 0 Å². The van der Waals surface area contributed by atoms with Gasteiger partial charge in [-0.2, -0.15) is 0 Å². The summed E-state index contributed by atoms with van der Waals surface area (Å²) < 4.78 is 0. The zero-order valence-corrected chi connectivity index (χ0v) is 8.99. The maximum atomic E-state index is 4.35. The lowest BCUT2D eigenvalue weighted by atomic mass is 10.3. The highest BCUT2D eigenvalue weighted by atomic mass is 15.2. The molecule has 0 amide bonds. The van der Waals surface area contributed by atoms with E-state index in [2.05, 4.69) is 32.5 Å². The maximum Gasteiger partial charge on any atom is 0.196 e. The van der Waals surface area contributed by atoms with Crippen LogP contribution in [0.15, 0.2) is 29.5 Å². The smallest absolute Gasteiger partial charge is 0.196 e. The number of imidazole rings is 1. The van der Waals surface area contributed by atoms with Crippen LogP contribution in [0.4, 0.5) is 5.69 Å².